The second-order valence-corrected chi connectivity index (χ2v) is 7.02. The molecule has 1 aromatic rings. The molecule has 0 aromatic carbocycles. The van der Waals surface area contributed by atoms with Gasteiger partial charge in [0, 0.05) is 30.7 Å². The molecule has 0 radical (unpaired) electrons. The normalized spacial score (nSPS) is 29.3. The molecule has 0 unspecified atom stereocenters. The molecule has 1 aliphatic heterocycles. The molecule has 5 heteroatoms. The van der Waals surface area contributed by atoms with Crippen molar-refractivity contribution in [2.45, 2.75) is 70.6 Å². The molecule has 1 N–H and O–H groups in total. The van der Waals surface area contributed by atoms with Gasteiger partial charge in [-0.25, -0.2) is 4.98 Å². The van der Waals surface area contributed by atoms with Crippen LogP contribution in [0.5, 0.6) is 0 Å². The van der Waals surface area contributed by atoms with Crippen LogP contribution in [0.3, 0.4) is 0 Å². The van der Waals surface area contributed by atoms with E-state index in [-0.39, 0.29) is 24.0 Å². The summed E-state index contributed by atoms with van der Waals surface area (Å²) in [4.78, 5) is 19.1. The Bertz CT molecular complexity index is 526. The topological polar surface area (TPSA) is 58.4 Å². The molecule has 0 bridgehead atoms. The van der Waals surface area contributed by atoms with Crippen LogP contribution in [0.25, 0.3) is 0 Å². The van der Waals surface area contributed by atoms with Crippen molar-refractivity contribution in [3.05, 3.63) is 18.2 Å². The van der Waals surface area contributed by atoms with E-state index in [1.165, 1.54) is 6.42 Å². The van der Waals surface area contributed by atoms with Crippen molar-refractivity contribution in [2.75, 3.05) is 6.54 Å². The van der Waals surface area contributed by atoms with Gasteiger partial charge in [0.1, 0.15) is 5.69 Å². The molecule has 122 valence electrons. The molecule has 1 saturated heterocycles. The predicted octanol–water partition coefficient (Wildman–Crippen LogP) is 2.62. The number of likely N-dealkylation sites (tertiary alicyclic amines) is 1. The Balaban J connectivity index is 1.75. The van der Waals surface area contributed by atoms with Crippen molar-refractivity contribution >= 4 is 5.91 Å². The van der Waals surface area contributed by atoms with Crippen LogP contribution < -0.4 is 0 Å². The Hall–Kier alpha value is -1.36. The minimum atomic E-state index is -0.250. The first-order valence-corrected chi connectivity index (χ1v) is 8.60. The predicted molar refractivity (Wildman–Crippen MR) is 84.6 cm³/mol. The van der Waals surface area contributed by atoms with Gasteiger partial charge in [-0.15, -0.1) is 0 Å². The molecule has 0 spiro atoms. The Morgan fingerprint density at radius 3 is 2.73 bits per heavy atom. The maximum absolute atomic E-state index is 12.8. The second kappa shape index (κ2) is 6.41. The maximum Gasteiger partial charge on any atom is 0.274 e. The Morgan fingerprint density at radius 2 is 2.05 bits per heavy atom. The zero-order valence-electron chi connectivity index (χ0n) is 13.6. The number of amides is 1. The number of rotatable bonds is 3. The third-order valence-corrected chi connectivity index (χ3v) is 5.25. The third kappa shape index (κ3) is 2.91. The first kappa shape index (κ1) is 15.5. The fraction of sp³-hybridized carbons (Fsp3) is 0.765. The minimum absolute atomic E-state index is 0.0275. The number of aliphatic hydroxyl groups excluding tert-OH is 1. The van der Waals surface area contributed by atoms with E-state index in [4.69, 9.17) is 0 Å². The lowest BCUT2D eigenvalue weighted by atomic mass is 9.80. The number of aliphatic hydroxyl groups is 1. The molecule has 5 nitrogen and oxygen atoms in total. The van der Waals surface area contributed by atoms with Crippen LogP contribution in [-0.4, -0.2) is 44.2 Å². The monoisotopic (exact) mass is 305 g/mol. The van der Waals surface area contributed by atoms with Gasteiger partial charge in [-0.05, 0) is 39.5 Å². The van der Waals surface area contributed by atoms with Crippen LogP contribution >= 0.6 is 0 Å². The summed E-state index contributed by atoms with van der Waals surface area (Å²) in [6, 6.07) is 0.496. The van der Waals surface area contributed by atoms with E-state index in [2.05, 4.69) is 18.8 Å². The lowest BCUT2D eigenvalue weighted by Crippen LogP contribution is -2.45. The van der Waals surface area contributed by atoms with Crippen molar-refractivity contribution in [1.82, 2.24) is 14.5 Å². The van der Waals surface area contributed by atoms with E-state index in [1.807, 2.05) is 15.7 Å². The van der Waals surface area contributed by atoms with Gasteiger partial charge in [-0.3, -0.25) is 4.79 Å². The van der Waals surface area contributed by atoms with Crippen LogP contribution in [-0.2, 0) is 0 Å². The van der Waals surface area contributed by atoms with Gasteiger partial charge >= 0.3 is 0 Å². The molecule has 2 aliphatic rings. The highest BCUT2D eigenvalue weighted by atomic mass is 16.3. The summed E-state index contributed by atoms with van der Waals surface area (Å²) in [5.41, 5.74) is 0.533. The van der Waals surface area contributed by atoms with E-state index >= 15 is 0 Å². The van der Waals surface area contributed by atoms with E-state index < -0.39 is 0 Å². The van der Waals surface area contributed by atoms with Crippen molar-refractivity contribution in [3.8, 4) is 0 Å². The SMILES string of the molecule is CC(C)n1cnc(C(=O)N2CCC[C@@H]2[C@H]2CCCC[C@H]2O)c1. The second-order valence-electron chi connectivity index (χ2n) is 7.02. The number of aromatic nitrogens is 2. The van der Waals surface area contributed by atoms with E-state index in [9.17, 15) is 9.90 Å². The third-order valence-electron chi connectivity index (χ3n) is 5.25. The standard InChI is InChI=1S/C17H27N3O2/c1-12(2)19-10-14(18-11-19)17(22)20-9-5-7-15(20)13-6-3-4-8-16(13)21/h10-13,15-16,21H,3-9H2,1-2H3/t13-,15-,16-/m1/s1. The van der Waals surface area contributed by atoms with Gasteiger partial charge in [0.15, 0.2) is 0 Å². The van der Waals surface area contributed by atoms with Gasteiger partial charge in [0.2, 0.25) is 0 Å². The van der Waals surface area contributed by atoms with E-state index in [1.54, 1.807) is 6.33 Å². The number of imidazole rings is 1. The molecule has 2 fully saturated rings. The number of carbonyl (C=O) groups excluding carboxylic acids is 1. The largest absolute Gasteiger partial charge is 0.393 e. The average Bonchev–Trinajstić information content (AvgIpc) is 3.16. The fourth-order valence-electron chi connectivity index (χ4n) is 3.96. The Labute approximate surface area is 132 Å². The highest BCUT2D eigenvalue weighted by Crippen LogP contribution is 2.35. The summed E-state index contributed by atoms with van der Waals surface area (Å²) in [5, 5.41) is 10.3. The summed E-state index contributed by atoms with van der Waals surface area (Å²) in [5.74, 6) is 0.270. The minimum Gasteiger partial charge on any atom is -0.393 e. The van der Waals surface area contributed by atoms with Crippen LogP contribution in [0.1, 0.15) is 68.9 Å². The molecule has 1 aliphatic carbocycles. The van der Waals surface area contributed by atoms with Gasteiger partial charge in [0.05, 0.1) is 12.4 Å². The highest BCUT2D eigenvalue weighted by molar-refractivity contribution is 5.92. The summed E-state index contributed by atoms with van der Waals surface area (Å²) in [6.07, 6.45) is 9.57. The molecule has 1 saturated carbocycles. The first-order chi connectivity index (χ1) is 10.6. The summed E-state index contributed by atoms with van der Waals surface area (Å²) < 4.78 is 1.97. The molecule has 3 rings (SSSR count). The van der Waals surface area contributed by atoms with E-state index in [0.29, 0.717) is 11.7 Å². The van der Waals surface area contributed by atoms with Crippen LogP contribution in [0.2, 0.25) is 0 Å². The molecule has 1 amide bonds. The van der Waals surface area contributed by atoms with Gasteiger partial charge < -0.3 is 14.6 Å². The lowest BCUT2D eigenvalue weighted by Gasteiger charge is -2.37. The smallest absolute Gasteiger partial charge is 0.274 e. The quantitative estimate of drug-likeness (QED) is 0.934. The van der Waals surface area contributed by atoms with Crippen molar-refractivity contribution < 1.29 is 9.90 Å². The summed E-state index contributed by atoms with van der Waals surface area (Å²) in [7, 11) is 0. The Morgan fingerprint density at radius 1 is 1.27 bits per heavy atom. The number of hydrogen-bond acceptors (Lipinski definition) is 3. The van der Waals surface area contributed by atoms with Crippen molar-refractivity contribution in [3.63, 3.8) is 0 Å². The number of carbonyl (C=O) groups is 1. The molecule has 22 heavy (non-hydrogen) atoms. The molecular formula is C17H27N3O2. The first-order valence-electron chi connectivity index (χ1n) is 8.60. The van der Waals surface area contributed by atoms with Gasteiger partial charge in [0.25, 0.3) is 5.91 Å². The van der Waals surface area contributed by atoms with Crippen molar-refractivity contribution in [2.24, 2.45) is 5.92 Å². The van der Waals surface area contributed by atoms with Crippen LogP contribution in [0.4, 0.5) is 0 Å². The summed E-state index contributed by atoms with van der Waals surface area (Å²) >= 11 is 0. The zero-order valence-corrected chi connectivity index (χ0v) is 13.6. The fourth-order valence-corrected chi connectivity index (χ4v) is 3.96. The molecular weight excluding hydrogens is 278 g/mol. The van der Waals surface area contributed by atoms with Gasteiger partial charge in [-0.2, -0.15) is 0 Å². The van der Waals surface area contributed by atoms with Crippen LogP contribution in [0, 0.1) is 5.92 Å². The molecule has 3 atom stereocenters. The molecule has 1 aromatic heterocycles. The maximum atomic E-state index is 12.8. The van der Waals surface area contributed by atoms with Gasteiger partial charge in [-0.1, -0.05) is 12.8 Å². The van der Waals surface area contributed by atoms with Crippen molar-refractivity contribution in [1.29, 1.82) is 0 Å². The van der Waals surface area contributed by atoms with Crippen LogP contribution in [0.15, 0.2) is 12.5 Å². The Kier molecular flexibility index (Phi) is 4.52. The zero-order chi connectivity index (χ0) is 15.7. The number of hydrogen-bond donors (Lipinski definition) is 1. The average molecular weight is 305 g/mol. The number of nitrogens with zero attached hydrogens (tertiary/aromatic N) is 3. The lowest BCUT2D eigenvalue weighted by molar-refractivity contribution is 0.0209. The molecule has 2 heterocycles. The van der Waals surface area contributed by atoms with E-state index in [0.717, 1.165) is 38.6 Å². The summed E-state index contributed by atoms with van der Waals surface area (Å²) in [6.45, 7) is 4.95. The highest BCUT2D eigenvalue weighted by Gasteiger charge is 2.39.